The van der Waals surface area contributed by atoms with Crippen molar-refractivity contribution in [1.29, 1.82) is 0 Å². The fourth-order valence-electron chi connectivity index (χ4n) is 5.53. The minimum Gasteiger partial charge on any atom is -0.427 e. The second-order valence-electron chi connectivity index (χ2n) is 11.0. The fraction of sp³-hybridized carbons (Fsp3) is 0.429. The Bertz CT molecular complexity index is 1480. The van der Waals surface area contributed by atoms with E-state index in [1.807, 2.05) is 36.4 Å². The van der Waals surface area contributed by atoms with Crippen molar-refractivity contribution < 1.29 is 18.9 Å². The summed E-state index contributed by atoms with van der Waals surface area (Å²) in [6.07, 6.45) is 3.15. The highest BCUT2D eigenvalue weighted by atomic mass is 35.5. The number of rotatable bonds is 3. The molecule has 1 aliphatic heterocycles. The maximum Gasteiger partial charge on any atom is 0.528 e. The molecule has 38 heavy (non-hydrogen) atoms. The smallest absolute Gasteiger partial charge is 0.427 e. The average Bonchev–Trinajstić information content (AvgIpc) is 3.44. The highest BCUT2D eigenvalue weighted by Gasteiger charge is 2.33. The quantitative estimate of drug-likeness (QED) is 0.268. The third-order valence-corrected chi connectivity index (χ3v) is 7.41. The molecule has 0 spiro atoms. The molecule has 1 aliphatic carbocycles. The zero-order chi connectivity index (χ0) is 26.4. The van der Waals surface area contributed by atoms with Gasteiger partial charge < -0.3 is 14.1 Å². The Morgan fingerprint density at radius 2 is 1.79 bits per heavy atom. The van der Waals surface area contributed by atoms with E-state index < -0.39 is 11.8 Å². The van der Waals surface area contributed by atoms with E-state index in [0.717, 1.165) is 59.4 Å². The molecule has 0 radical (unpaired) electrons. The Balaban J connectivity index is 1.26. The standard InChI is InChI=1S/C28H30ClN5O4/c1-28(2,3)36-27(35)38-33-15-19-14-20(29)12-13-22(19)34-24(16-33)30-31-26(34)18-10-8-17(9-11-18)25-21-6-4-5-7-23(21)37-32-25/h4-7,12-14,17-18H,8-11,15-16H2,1-3H3. The Morgan fingerprint density at radius 3 is 2.58 bits per heavy atom. The van der Waals surface area contributed by atoms with Gasteiger partial charge in [-0.2, -0.15) is 0 Å². The lowest BCUT2D eigenvalue weighted by atomic mass is 9.79. The number of aromatic nitrogens is 4. The van der Waals surface area contributed by atoms with E-state index in [9.17, 15) is 4.79 Å². The summed E-state index contributed by atoms with van der Waals surface area (Å²) < 4.78 is 13.0. The molecule has 4 aromatic rings. The first-order chi connectivity index (χ1) is 18.2. The summed E-state index contributed by atoms with van der Waals surface area (Å²) in [7, 11) is 0. The van der Waals surface area contributed by atoms with Crippen LogP contribution in [0.1, 0.15) is 81.2 Å². The van der Waals surface area contributed by atoms with Crippen molar-refractivity contribution in [3.05, 3.63) is 70.4 Å². The summed E-state index contributed by atoms with van der Waals surface area (Å²) in [5.41, 5.74) is 3.09. The Morgan fingerprint density at radius 1 is 1.03 bits per heavy atom. The normalized spacial score (nSPS) is 20.0. The first kappa shape index (κ1) is 24.9. The van der Waals surface area contributed by atoms with Crippen molar-refractivity contribution >= 4 is 28.7 Å². The average molecular weight is 536 g/mol. The molecule has 0 unspecified atom stereocenters. The number of para-hydroxylation sites is 1. The molecule has 0 atom stereocenters. The van der Waals surface area contributed by atoms with Crippen molar-refractivity contribution in [2.45, 2.75) is 77.0 Å². The second-order valence-corrected chi connectivity index (χ2v) is 11.5. The number of hydrogen-bond donors (Lipinski definition) is 0. The Kier molecular flexibility index (Phi) is 6.36. The van der Waals surface area contributed by atoms with E-state index >= 15 is 0 Å². The number of hydrogen-bond acceptors (Lipinski definition) is 8. The van der Waals surface area contributed by atoms with Gasteiger partial charge >= 0.3 is 6.16 Å². The summed E-state index contributed by atoms with van der Waals surface area (Å²) in [4.78, 5) is 18.0. The van der Waals surface area contributed by atoms with Gasteiger partial charge in [-0.25, -0.2) is 4.79 Å². The van der Waals surface area contributed by atoms with Gasteiger partial charge in [-0.15, -0.1) is 15.3 Å². The highest BCUT2D eigenvalue weighted by Crippen LogP contribution is 2.42. The van der Waals surface area contributed by atoms with E-state index in [1.54, 1.807) is 25.8 Å². The molecule has 2 aliphatic rings. The first-order valence-corrected chi connectivity index (χ1v) is 13.4. The van der Waals surface area contributed by atoms with E-state index in [4.69, 9.17) is 25.7 Å². The van der Waals surface area contributed by atoms with Crippen LogP contribution in [0.25, 0.3) is 16.7 Å². The lowest BCUT2D eigenvalue weighted by Gasteiger charge is -2.27. The largest absolute Gasteiger partial charge is 0.528 e. The van der Waals surface area contributed by atoms with E-state index in [0.29, 0.717) is 23.3 Å². The predicted molar refractivity (Wildman–Crippen MR) is 141 cm³/mol. The van der Waals surface area contributed by atoms with E-state index in [2.05, 4.69) is 26.0 Å². The highest BCUT2D eigenvalue weighted by molar-refractivity contribution is 6.30. The Hall–Kier alpha value is -3.43. The van der Waals surface area contributed by atoms with Crippen LogP contribution < -0.4 is 0 Å². The maximum absolute atomic E-state index is 12.4. The van der Waals surface area contributed by atoms with Crippen LogP contribution in [0.3, 0.4) is 0 Å². The molecule has 1 fully saturated rings. The van der Waals surface area contributed by atoms with Crippen LogP contribution in [0.4, 0.5) is 4.79 Å². The van der Waals surface area contributed by atoms with Gasteiger partial charge in [-0.3, -0.25) is 4.57 Å². The van der Waals surface area contributed by atoms with Crippen LogP contribution in [0.15, 0.2) is 47.0 Å². The number of benzene rings is 2. The van der Waals surface area contributed by atoms with Crippen LogP contribution in [0.2, 0.25) is 5.02 Å². The Labute approximate surface area is 225 Å². The molecule has 9 nitrogen and oxygen atoms in total. The van der Waals surface area contributed by atoms with Crippen molar-refractivity contribution in [2.24, 2.45) is 0 Å². The molecule has 2 aromatic heterocycles. The van der Waals surface area contributed by atoms with Gasteiger partial charge in [0.2, 0.25) is 0 Å². The number of carbonyl (C=O) groups excluding carboxylic acids is 1. The second kappa shape index (κ2) is 9.71. The van der Waals surface area contributed by atoms with Crippen LogP contribution >= 0.6 is 11.6 Å². The molecule has 0 amide bonds. The van der Waals surface area contributed by atoms with Crippen LogP contribution in [-0.4, -0.2) is 36.7 Å². The number of halogens is 1. The third kappa shape index (κ3) is 4.88. The summed E-state index contributed by atoms with van der Waals surface area (Å²) in [6, 6.07) is 13.8. The molecule has 6 rings (SSSR count). The summed E-state index contributed by atoms with van der Waals surface area (Å²) in [5, 5.41) is 16.8. The number of fused-ring (bicyclic) bond motifs is 4. The lowest BCUT2D eigenvalue weighted by Crippen LogP contribution is -2.31. The van der Waals surface area contributed by atoms with Crippen LogP contribution in [0, 0.1) is 0 Å². The molecule has 198 valence electrons. The van der Waals surface area contributed by atoms with Gasteiger partial charge in [-0.05, 0) is 82.3 Å². The van der Waals surface area contributed by atoms with E-state index in [1.165, 1.54) is 0 Å². The van der Waals surface area contributed by atoms with Gasteiger partial charge in [0.05, 0.1) is 24.5 Å². The van der Waals surface area contributed by atoms with Crippen LogP contribution in [0.5, 0.6) is 0 Å². The van der Waals surface area contributed by atoms with Crippen molar-refractivity contribution in [3.8, 4) is 5.69 Å². The van der Waals surface area contributed by atoms with Gasteiger partial charge in [-0.1, -0.05) is 28.9 Å². The molecular weight excluding hydrogens is 506 g/mol. The van der Waals surface area contributed by atoms with Crippen molar-refractivity contribution in [3.63, 3.8) is 0 Å². The predicted octanol–water partition coefficient (Wildman–Crippen LogP) is 6.69. The third-order valence-electron chi connectivity index (χ3n) is 7.18. The molecule has 3 heterocycles. The summed E-state index contributed by atoms with van der Waals surface area (Å²) in [5.74, 6) is 2.22. The number of nitrogens with zero attached hydrogens (tertiary/aromatic N) is 5. The maximum atomic E-state index is 12.4. The SMILES string of the molecule is CC(C)(C)OC(=O)ON1Cc2cc(Cl)ccc2-n2c(nnc2C2CCC(c3noc4ccccc34)CC2)C1. The van der Waals surface area contributed by atoms with Gasteiger partial charge in [0.15, 0.2) is 11.4 Å². The van der Waals surface area contributed by atoms with Gasteiger partial charge in [0, 0.05) is 22.2 Å². The molecular formula is C28H30ClN5O4. The summed E-state index contributed by atoms with van der Waals surface area (Å²) in [6.45, 7) is 6.03. The van der Waals surface area contributed by atoms with Crippen molar-refractivity contribution in [2.75, 3.05) is 0 Å². The summed E-state index contributed by atoms with van der Waals surface area (Å²) >= 11 is 6.36. The number of ether oxygens (including phenoxy) is 1. The minimum atomic E-state index is -0.757. The molecule has 10 heteroatoms. The molecule has 0 bridgehead atoms. The number of carbonyl (C=O) groups is 1. The zero-order valence-electron chi connectivity index (χ0n) is 21.7. The van der Waals surface area contributed by atoms with Gasteiger partial charge in [0.1, 0.15) is 11.4 Å². The fourth-order valence-corrected chi connectivity index (χ4v) is 5.72. The topological polar surface area (TPSA) is 95.5 Å². The van der Waals surface area contributed by atoms with E-state index in [-0.39, 0.29) is 12.5 Å². The molecule has 2 aromatic carbocycles. The molecule has 1 saturated carbocycles. The monoisotopic (exact) mass is 535 g/mol. The molecule has 0 saturated heterocycles. The first-order valence-electron chi connectivity index (χ1n) is 13.0. The van der Waals surface area contributed by atoms with Crippen molar-refractivity contribution in [1.82, 2.24) is 25.0 Å². The van der Waals surface area contributed by atoms with Crippen LogP contribution in [-0.2, 0) is 22.7 Å². The number of hydroxylamine groups is 2. The van der Waals surface area contributed by atoms with Gasteiger partial charge in [0.25, 0.3) is 0 Å². The minimum absolute atomic E-state index is 0.243. The zero-order valence-corrected chi connectivity index (χ0v) is 22.4. The molecule has 0 N–H and O–H groups in total. The lowest BCUT2D eigenvalue weighted by molar-refractivity contribution is -0.155.